The van der Waals surface area contributed by atoms with Crippen LogP contribution >= 0.6 is 11.6 Å². The molecule has 6 nitrogen and oxygen atoms in total. The minimum absolute atomic E-state index is 0.162. The molecule has 0 unspecified atom stereocenters. The summed E-state index contributed by atoms with van der Waals surface area (Å²) in [6.07, 6.45) is 0.920. The van der Waals surface area contributed by atoms with E-state index in [-0.39, 0.29) is 12.2 Å². The van der Waals surface area contributed by atoms with Crippen molar-refractivity contribution in [2.45, 2.75) is 13.2 Å². The van der Waals surface area contributed by atoms with Crippen LogP contribution in [0.25, 0.3) is 10.9 Å². The molecule has 0 radical (unpaired) electrons. The molecule has 0 saturated carbocycles. The zero-order valence-corrected chi connectivity index (χ0v) is 16.7. The molecule has 3 aromatic carbocycles. The number of benzene rings is 3. The summed E-state index contributed by atoms with van der Waals surface area (Å²) in [4.78, 5) is 29.3. The van der Waals surface area contributed by atoms with E-state index in [4.69, 9.17) is 16.3 Å². The number of hydrogen-bond acceptors (Lipinski definition) is 4. The number of fused-ring (bicyclic) bond motifs is 1. The first-order valence-electron chi connectivity index (χ1n) is 9.30. The monoisotopic (exact) mass is 419 g/mol. The number of anilines is 1. The minimum atomic E-state index is -0.594. The van der Waals surface area contributed by atoms with Crippen molar-refractivity contribution >= 4 is 34.3 Å². The third kappa shape index (κ3) is 4.67. The first-order chi connectivity index (χ1) is 14.6. The van der Waals surface area contributed by atoms with Crippen molar-refractivity contribution in [1.82, 2.24) is 9.55 Å². The Balaban J connectivity index is 1.51. The van der Waals surface area contributed by atoms with E-state index in [1.54, 1.807) is 30.3 Å². The molecule has 0 aliphatic heterocycles. The van der Waals surface area contributed by atoms with Crippen LogP contribution in [0.1, 0.15) is 11.1 Å². The molecular formula is C23H18ClN3O3. The highest BCUT2D eigenvalue weighted by atomic mass is 35.5. The molecule has 30 heavy (non-hydrogen) atoms. The van der Waals surface area contributed by atoms with Gasteiger partial charge >= 0.3 is 6.09 Å². The Bertz CT molecular complexity index is 1240. The summed E-state index contributed by atoms with van der Waals surface area (Å²) in [7, 11) is 0. The molecule has 7 heteroatoms. The van der Waals surface area contributed by atoms with Gasteiger partial charge < -0.3 is 4.74 Å². The highest BCUT2D eigenvalue weighted by Crippen LogP contribution is 2.16. The lowest BCUT2D eigenvalue weighted by molar-refractivity contribution is 0.155. The van der Waals surface area contributed by atoms with E-state index in [1.807, 2.05) is 42.5 Å². The summed E-state index contributed by atoms with van der Waals surface area (Å²) in [6, 6.07) is 21.6. The van der Waals surface area contributed by atoms with Crippen molar-refractivity contribution in [3.63, 3.8) is 0 Å². The molecule has 1 N–H and O–H groups in total. The number of nitrogens with one attached hydrogen (secondary N) is 1. The van der Waals surface area contributed by atoms with Crippen molar-refractivity contribution in [2.75, 3.05) is 5.32 Å². The molecular weight excluding hydrogens is 402 g/mol. The Hall–Kier alpha value is -3.64. The van der Waals surface area contributed by atoms with Gasteiger partial charge in [0.25, 0.3) is 5.56 Å². The van der Waals surface area contributed by atoms with Gasteiger partial charge in [-0.25, -0.2) is 9.78 Å². The summed E-state index contributed by atoms with van der Waals surface area (Å²) in [6.45, 7) is 0.533. The SMILES string of the molecule is O=C(Nc1ccc2ncn(Cc3ccc(Cl)cc3)c(=O)c2c1)OCc1ccccc1. The van der Waals surface area contributed by atoms with Crippen LogP contribution in [0.4, 0.5) is 10.5 Å². The van der Waals surface area contributed by atoms with Crippen LogP contribution in [0.2, 0.25) is 5.02 Å². The number of aromatic nitrogens is 2. The van der Waals surface area contributed by atoms with Gasteiger partial charge in [0.05, 0.1) is 23.8 Å². The minimum Gasteiger partial charge on any atom is -0.444 e. The standard InChI is InChI=1S/C23H18ClN3O3/c24-18-8-6-16(7-9-18)13-27-15-25-21-11-10-19(12-20(21)22(27)28)26-23(29)30-14-17-4-2-1-3-5-17/h1-12,15H,13-14H2,(H,26,29). The maximum absolute atomic E-state index is 12.9. The lowest BCUT2D eigenvalue weighted by Gasteiger charge is -2.09. The van der Waals surface area contributed by atoms with Crippen LogP contribution in [0, 0.1) is 0 Å². The number of amides is 1. The predicted octanol–water partition coefficient (Wildman–Crippen LogP) is 4.85. The second kappa shape index (κ2) is 8.80. The molecule has 0 aliphatic carbocycles. The van der Waals surface area contributed by atoms with Crippen LogP contribution in [0.3, 0.4) is 0 Å². The first kappa shape index (κ1) is 19.7. The van der Waals surface area contributed by atoms with Crippen LogP contribution in [0.15, 0.2) is 83.9 Å². The van der Waals surface area contributed by atoms with Crippen molar-refractivity contribution in [3.8, 4) is 0 Å². The largest absolute Gasteiger partial charge is 0.444 e. The number of ether oxygens (including phenoxy) is 1. The van der Waals surface area contributed by atoms with Crippen LogP contribution in [-0.4, -0.2) is 15.6 Å². The van der Waals surface area contributed by atoms with Crippen LogP contribution in [-0.2, 0) is 17.9 Å². The van der Waals surface area contributed by atoms with Gasteiger partial charge in [0.1, 0.15) is 6.61 Å². The summed E-state index contributed by atoms with van der Waals surface area (Å²) in [5.41, 5.74) is 2.64. The molecule has 0 atom stereocenters. The second-order valence-electron chi connectivity index (χ2n) is 6.72. The Morgan fingerprint density at radius 3 is 2.53 bits per heavy atom. The van der Waals surface area contributed by atoms with Gasteiger partial charge in [-0.2, -0.15) is 0 Å². The zero-order valence-electron chi connectivity index (χ0n) is 15.9. The van der Waals surface area contributed by atoms with E-state index in [0.29, 0.717) is 28.2 Å². The predicted molar refractivity (Wildman–Crippen MR) is 117 cm³/mol. The van der Waals surface area contributed by atoms with Gasteiger partial charge in [-0.15, -0.1) is 0 Å². The molecule has 0 spiro atoms. The third-order valence-electron chi connectivity index (χ3n) is 4.55. The normalized spacial score (nSPS) is 10.7. The van der Waals surface area contributed by atoms with E-state index in [0.717, 1.165) is 11.1 Å². The number of carbonyl (C=O) groups is 1. The molecule has 0 saturated heterocycles. The average Bonchev–Trinajstić information content (AvgIpc) is 2.77. The molecule has 1 amide bonds. The second-order valence-corrected chi connectivity index (χ2v) is 7.16. The van der Waals surface area contributed by atoms with E-state index < -0.39 is 6.09 Å². The highest BCUT2D eigenvalue weighted by molar-refractivity contribution is 6.30. The van der Waals surface area contributed by atoms with Gasteiger partial charge in [0.15, 0.2) is 0 Å². The van der Waals surface area contributed by atoms with Gasteiger partial charge in [0.2, 0.25) is 0 Å². The number of hydrogen-bond donors (Lipinski definition) is 1. The van der Waals surface area contributed by atoms with Gasteiger partial charge in [-0.05, 0) is 41.5 Å². The fraction of sp³-hybridized carbons (Fsp3) is 0.0870. The smallest absolute Gasteiger partial charge is 0.411 e. The van der Waals surface area contributed by atoms with Crippen molar-refractivity contribution in [2.24, 2.45) is 0 Å². The van der Waals surface area contributed by atoms with Gasteiger partial charge in [0, 0.05) is 10.7 Å². The van der Waals surface area contributed by atoms with Crippen LogP contribution < -0.4 is 10.9 Å². The van der Waals surface area contributed by atoms with Crippen LogP contribution in [0.5, 0.6) is 0 Å². The maximum Gasteiger partial charge on any atom is 0.411 e. The van der Waals surface area contributed by atoms with E-state index >= 15 is 0 Å². The number of halogens is 1. The maximum atomic E-state index is 12.9. The molecule has 0 bridgehead atoms. The summed E-state index contributed by atoms with van der Waals surface area (Å²) in [5.74, 6) is 0. The molecule has 0 fully saturated rings. The van der Waals surface area contributed by atoms with Gasteiger partial charge in [-0.3, -0.25) is 14.7 Å². The Morgan fingerprint density at radius 2 is 1.77 bits per heavy atom. The molecule has 4 rings (SSSR count). The van der Waals surface area contributed by atoms with Crippen molar-refractivity contribution < 1.29 is 9.53 Å². The lowest BCUT2D eigenvalue weighted by atomic mass is 10.2. The first-order valence-corrected chi connectivity index (χ1v) is 9.68. The Morgan fingerprint density at radius 1 is 1.00 bits per heavy atom. The molecule has 4 aromatic rings. The number of carbonyl (C=O) groups excluding carboxylic acids is 1. The van der Waals surface area contributed by atoms with E-state index in [9.17, 15) is 9.59 Å². The quantitative estimate of drug-likeness (QED) is 0.502. The fourth-order valence-corrected chi connectivity index (χ4v) is 3.14. The van der Waals surface area contributed by atoms with E-state index in [2.05, 4.69) is 10.3 Å². The van der Waals surface area contributed by atoms with Gasteiger partial charge in [-0.1, -0.05) is 54.1 Å². The summed E-state index contributed by atoms with van der Waals surface area (Å²) >= 11 is 5.91. The molecule has 150 valence electrons. The Labute approximate surface area is 177 Å². The highest BCUT2D eigenvalue weighted by Gasteiger charge is 2.09. The molecule has 1 heterocycles. The molecule has 0 aliphatic rings. The average molecular weight is 420 g/mol. The summed E-state index contributed by atoms with van der Waals surface area (Å²) in [5, 5.41) is 3.70. The van der Waals surface area contributed by atoms with Crippen molar-refractivity contribution in [1.29, 1.82) is 0 Å². The van der Waals surface area contributed by atoms with Crippen molar-refractivity contribution in [3.05, 3.63) is 106 Å². The fourth-order valence-electron chi connectivity index (χ4n) is 3.01. The third-order valence-corrected chi connectivity index (χ3v) is 4.80. The zero-order chi connectivity index (χ0) is 20.9. The lowest BCUT2D eigenvalue weighted by Crippen LogP contribution is -2.21. The molecule has 1 aromatic heterocycles. The topological polar surface area (TPSA) is 73.2 Å². The van der Waals surface area contributed by atoms with E-state index in [1.165, 1.54) is 10.9 Å². The summed E-state index contributed by atoms with van der Waals surface area (Å²) < 4.78 is 6.74. The number of nitrogens with zero attached hydrogens (tertiary/aromatic N) is 2. The number of rotatable bonds is 5. The Kier molecular flexibility index (Phi) is 5.77.